The number of nitrogens with zero attached hydrogens (tertiary/aromatic N) is 1. The van der Waals surface area contributed by atoms with Gasteiger partial charge in [-0.2, -0.15) is 0 Å². The van der Waals surface area contributed by atoms with E-state index in [1.165, 1.54) is 0 Å². The third-order valence-electron chi connectivity index (χ3n) is 4.23. The second-order valence-electron chi connectivity index (χ2n) is 6.10. The normalized spacial score (nSPS) is 13.0. The largest absolute Gasteiger partial charge is 0.497 e. The van der Waals surface area contributed by atoms with Gasteiger partial charge in [0.1, 0.15) is 5.75 Å². The van der Waals surface area contributed by atoms with E-state index < -0.39 is 10.0 Å². The Bertz CT molecular complexity index is 769. The standard InChI is InChI=1S/C19H26N2O3S/c1-5-15-6-12-18(13-7-15)25(22,23)20-14-19(21(2)3)16-8-10-17(24-4)11-9-16/h6-13,19-20H,5,14H2,1-4H3. The van der Waals surface area contributed by atoms with E-state index in [2.05, 4.69) is 4.72 Å². The van der Waals surface area contributed by atoms with Crippen LogP contribution in [0.5, 0.6) is 5.75 Å². The van der Waals surface area contributed by atoms with Crippen LogP contribution in [-0.4, -0.2) is 41.1 Å². The molecule has 0 aliphatic rings. The third-order valence-corrected chi connectivity index (χ3v) is 5.67. The predicted octanol–water partition coefficient (Wildman–Crippen LogP) is 2.84. The molecular weight excluding hydrogens is 336 g/mol. The molecule has 0 aromatic heterocycles. The molecule has 0 spiro atoms. The van der Waals surface area contributed by atoms with Crippen molar-refractivity contribution in [3.05, 3.63) is 59.7 Å². The fourth-order valence-electron chi connectivity index (χ4n) is 2.60. The average molecular weight is 362 g/mol. The molecule has 5 nitrogen and oxygen atoms in total. The number of aryl methyl sites for hydroxylation is 1. The molecule has 1 N–H and O–H groups in total. The molecule has 136 valence electrons. The number of rotatable bonds is 8. The molecule has 1 atom stereocenters. The van der Waals surface area contributed by atoms with Gasteiger partial charge in [-0.3, -0.25) is 0 Å². The summed E-state index contributed by atoms with van der Waals surface area (Å²) in [5.41, 5.74) is 2.14. The van der Waals surface area contributed by atoms with E-state index in [1.807, 2.05) is 62.3 Å². The summed E-state index contributed by atoms with van der Waals surface area (Å²) in [5.74, 6) is 0.776. The van der Waals surface area contributed by atoms with Crippen molar-refractivity contribution in [1.82, 2.24) is 9.62 Å². The zero-order valence-corrected chi connectivity index (χ0v) is 16.0. The van der Waals surface area contributed by atoms with Crippen LogP contribution in [0.1, 0.15) is 24.1 Å². The fraction of sp³-hybridized carbons (Fsp3) is 0.368. The Labute approximate surface area is 150 Å². The van der Waals surface area contributed by atoms with Crippen molar-refractivity contribution in [1.29, 1.82) is 0 Å². The lowest BCUT2D eigenvalue weighted by Crippen LogP contribution is -2.34. The van der Waals surface area contributed by atoms with E-state index in [-0.39, 0.29) is 17.5 Å². The first kappa shape index (κ1) is 19.4. The number of sulfonamides is 1. The Morgan fingerprint density at radius 1 is 1.04 bits per heavy atom. The molecule has 2 aromatic rings. The third kappa shape index (κ3) is 5.04. The highest BCUT2D eigenvalue weighted by Crippen LogP contribution is 2.21. The molecule has 2 rings (SSSR count). The fourth-order valence-corrected chi connectivity index (χ4v) is 3.64. The van der Waals surface area contributed by atoms with E-state index in [0.717, 1.165) is 23.3 Å². The van der Waals surface area contributed by atoms with Crippen LogP contribution in [-0.2, 0) is 16.4 Å². The van der Waals surface area contributed by atoms with Crippen LogP contribution >= 0.6 is 0 Å². The number of nitrogens with one attached hydrogen (secondary N) is 1. The van der Waals surface area contributed by atoms with Gasteiger partial charge in [0.25, 0.3) is 0 Å². The van der Waals surface area contributed by atoms with E-state index in [9.17, 15) is 8.42 Å². The van der Waals surface area contributed by atoms with Gasteiger partial charge in [-0.25, -0.2) is 13.1 Å². The van der Waals surface area contributed by atoms with Gasteiger partial charge in [-0.15, -0.1) is 0 Å². The summed E-state index contributed by atoms with van der Waals surface area (Å²) >= 11 is 0. The Kier molecular flexibility index (Phi) is 6.58. The number of benzene rings is 2. The lowest BCUT2D eigenvalue weighted by Gasteiger charge is -2.25. The maximum atomic E-state index is 12.5. The van der Waals surface area contributed by atoms with Gasteiger partial charge >= 0.3 is 0 Å². The first-order valence-electron chi connectivity index (χ1n) is 8.26. The lowest BCUT2D eigenvalue weighted by atomic mass is 10.1. The van der Waals surface area contributed by atoms with Crippen molar-refractivity contribution < 1.29 is 13.2 Å². The van der Waals surface area contributed by atoms with E-state index in [1.54, 1.807) is 19.2 Å². The predicted molar refractivity (Wildman–Crippen MR) is 100 cm³/mol. The zero-order valence-electron chi connectivity index (χ0n) is 15.2. The van der Waals surface area contributed by atoms with Crippen molar-refractivity contribution in [3.63, 3.8) is 0 Å². The average Bonchev–Trinajstić information content (AvgIpc) is 2.62. The summed E-state index contributed by atoms with van der Waals surface area (Å²) in [6.45, 7) is 2.33. The summed E-state index contributed by atoms with van der Waals surface area (Å²) in [4.78, 5) is 2.28. The molecule has 6 heteroatoms. The first-order valence-corrected chi connectivity index (χ1v) is 9.74. The van der Waals surface area contributed by atoms with E-state index in [0.29, 0.717) is 0 Å². The molecule has 0 heterocycles. The van der Waals surface area contributed by atoms with Crippen LogP contribution in [0.25, 0.3) is 0 Å². The second-order valence-corrected chi connectivity index (χ2v) is 7.87. The van der Waals surface area contributed by atoms with Gasteiger partial charge in [-0.05, 0) is 55.9 Å². The Morgan fingerprint density at radius 3 is 2.12 bits per heavy atom. The van der Waals surface area contributed by atoms with Crippen molar-refractivity contribution in [2.24, 2.45) is 0 Å². The Morgan fingerprint density at radius 2 is 1.64 bits per heavy atom. The summed E-state index contributed by atoms with van der Waals surface area (Å²) in [5, 5.41) is 0. The molecule has 0 aliphatic heterocycles. The maximum Gasteiger partial charge on any atom is 0.240 e. The van der Waals surface area contributed by atoms with Gasteiger partial charge in [0.15, 0.2) is 0 Å². The minimum Gasteiger partial charge on any atom is -0.497 e. The van der Waals surface area contributed by atoms with Crippen LogP contribution in [0.2, 0.25) is 0 Å². The topological polar surface area (TPSA) is 58.6 Å². The van der Waals surface area contributed by atoms with E-state index in [4.69, 9.17) is 4.74 Å². The molecule has 0 aliphatic carbocycles. The molecule has 0 radical (unpaired) electrons. The number of methoxy groups -OCH3 is 1. The molecule has 2 aromatic carbocycles. The number of ether oxygens (including phenoxy) is 1. The SMILES string of the molecule is CCc1ccc(S(=O)(=O)NCC(c2ccc(OC)cc2)N(C)C)cc1. The lowest BCUT2D eigenvalue weighted by molar-refractivity contribution is 0.299. The zero-order chi connectivity index (χ0) is 18.4. The van der Waals surface area contributed by atoms with Crippen molar-refractivity contribution in [3.8, 4) is 5.75 Å². The molecule has 0 saturated heterocycles. The minimum absolute atomic E-state index is 0.0735. The first-order chi connectivity index (χ1) is 11.9. The summed E-state index contributed by atoms with van der Waals surface area (Å²) < 4.78 is 33.0. The maximum absolute atomic E-state index is 12.5. The monoisotopic (exact) mass is 362 g/mol. The minimum atomic E-state index is -3.54. The highest BCUT2D eigenvalue weighted by molar-refractivity contribution is 7.89. The van der Waals surface area contributed by atoms with Crippen molar-refractivity contribution in [2.45, 2.75) is 24.3 Å². The quantitative estimate of drug-likeness (QED) is 0.784. The Balaban J connectivity index is 2.13. The van der Waals surface area contributed by atoms with Gasteiger partial charge in [0.05, 0.1) is 12.0 Å². The molecule has 0 fully saturated rings. The molecule has 0 bridgehead atoms. The highest BCUT2D eigenvalue weighted by atomic mass is 32.2. The van der Waals surface area contributed by atoms with Crippen LogP contribution in [0.4, 0.5) is 0 Å². The van der Waals surface area contributed by atoms with Gasteiger partial charge in [0.2, 0.25) is 10.0 Å². The molecule has 0 amide bonds. The van der Waals surface area contributed by atoms with Crippen molar-refractivity contribution >= 4 is 10.0 Å². The van der Waals surface area contributed by atoms with Gasteiger partial charge in [0, 0.05) is 12.6 Å². The summed E-state index contributed by atoms with van der Waals surface area (Å²) in [6.07, 6.45) is 0.883. The molecular formula is C19H26N2O3S. The summed E-state index contributed by atoms with van der Waals surface area (Å²) in [6, 6.07) is 14.6. The van der Waals surface area contributed by atoms with Crippen molar-refractivity contribution in [2.75, 3.05) is 27.7 Å². The second kappa shape index (κ2) is 8.47. The van der Waals surface area contributed by atoms with E-state index >= 15 is 0 Å². The van der Waals surface area contributed by atoms with Crippen LogP contribution in [0, 0.1) is 0 Å². The highest BCUT2D eigenvalue weighted by Gasteiger charge is 2.19. The number of hydrogen-bond acceptors (Lipinski definition) is 4. The van der Waals surface area contributed by atoms with Gasteiger partial charge in [-0.1, -0.05) is 31.2 Å². The van der Waals surface area contributed by atoms with Crippen LogP contribution in [0.15, 0.2) is 53.4 Å². The smallest absolute Gasteiger partial charge is 0.240 e. The number of hydrogen-bond donors (Lipinski definition) is 1. The molecule has 25 heavy (non-hydrogen) atoms. The number of likely N-dealkylation sites (N-methyl/N-ethyl adjacent to an activating group) is 1. The van der Waals surface area contributed by atoms with Crippen LogP contribution in [0.3, 0.4) is 0 Å². The van der Waals surface area contributed by atoms with Gasteiger partial charge < -0.3 is 9.64 Å². The molecule has 1 unspecified atom stereocenters. The Hall–Kier alpha value is -1.89. The molecule has 0 saturated carbocycles. The summed E-state index contributed by atoms with van der Waals surface area (Å²) in [7, 11) is 1.94. The van der Waals surface area contributed by atoms with Crippen LogP contribution < -0.4 is 9.46 Å².